The lowest BCUT2D eigenvalue weighted by Gasteiger charge is -2.30. The Hall–Kier alpha value is -2.37. The second-order valence-corrected chi connectivity index (χ2v) is 5.92. The summed E-state index contributed by atoms with van der Waals surface area (Å²) in [5.74, 6) is 2.26. The summed E-state index contributed by atoms with van der Waals surface area (Å²) in [6.45, 7) is 5.28. The number of rotatable bonds is 4. The average molecular weight is 315 g/mol. The summed E-state index contributed by atoms with van der Waals surface area (Å²) in [5.41, 5.74) is 1.17. The summed E-state index contributed by atoms with van der Waals surface area (Å²) in [6, 6.07) is 7.70. The third-order valence-corrected chi connectivity index (χ3v) is 4.12. The first-order valence-electron chi connectivity index (χ1n) is 7.89. The van der Waals surface area contributed by atoms with E-state index in [0.29, 0.717) is 24.9 Å². The zero-order chi connectivity index (χ0) is 16.2. The van der Waals surface area contributed by atoms with E-state index in [1.54, 1.807) is 6.92 Å². The monoisotopic (exact) mass is 315 g/mol. The van der Waals surface area contributed by atoms with E-state index in [1.165, 1.54) is 5.56 Å². The van der Waals surface area contributed by atoms with Crippen molar-refractivity contribution in [2.75, 3.05) is 19.7 Å². The summed E-state index contributed by atoms with van der Waals surface area (Å²) in [4.78, 5) is 14.1. The number of amides is 1. The van der Waals surface area contributed by atoms with Gasteiger partial charge in [-0.05, 0) is 31.9 Å². The fourth-order valence-electron chi connectivity index (χ4n) is 2.72. The van der Waals surface area contributed by atoms with Crippen LogP contribution in [0, 0.1) is 13.8 Å². The Morgan fingerprint density at radius 2 is 1.91 bits per heavy atom. The summed E-state index contributed by atoms with van der Waals surface area (Å²) in [5, 5.41) is 7.95. The predicted molar refractivity (Wildman–Crippen MR) is 84.3 cm³/mol. The lowest BCUT2D eigenvalue weighted by Crippen LogP contribution is -2.40. The molecule has 0 unspecified atom stereocenters. The normalized spacial score (nSPS) is 15.7. The van der Waals surface area contributed by atoms with Crippen LogP contribution in [-0.2, 0) is 4.79 Å². The second kappa shape index (κ2) is 6.81. The van der Waals surface area contributed by atoms with Crippen LogP contribution in [0.25, 0.3) is 0 Å². The number of nitrogens with zero attached hydrogens (tertiary/aromatic N) is 3. The van der Waals surface area contributed by atoms with E-state index in [1.807, 2.05) is 36.1 Å². The average Bonchev–Trinajstić information content (AvgIpc) is 3.01. The minimum atomic E-state index is 0.0192. The molecule has 0 bridgehead atoms. The van der Waals surface area contributed by atoms with E-state index in [4.69, 9.17) is 9.15 Å². The Kier molecular flexibility index (Phi) is 4.60. The van der Waals surface area contributed by atoms with Crippen molar-refractivity contribution in [1.82, 2.24) is 15.1 Å². The van der Waals surface area contributed by atoms with Gasteiger partial charge in [-0.15, -0.1) is 10.2 Å². The Balaban J connectivity index is 1.47. The molecule has 6 nitrogen and oxygen atoms in total. The molecule has 0 N–H and O–H groups in total. The minimum Gasteiger partial charge on any atom is -0.484 e. The lowest BCUT2D eigenvalue weighted by molar-refractivity contribution is -0.134. The van der Waals surface area contributed by atoms with Crippen molar-refractivity contribution in [3.63, 3.8) is 0 Å². The number of aromatic nitrogens is 2. The third kappa shape index (κ3) is 3.88. The molecule has 1 saturated heterocycles. The molecule has 2 heterocycles. The van der Waals surface area contributed by atoms with Gasteiger partial charge >= 0.3 is 0 Å². The number of aryl methyl sites for hydroxylation is 2. The molecule has 0 saturated carbocycles. The van der Waals surface area contributed by atoms with Crippen LogP contribution in [0.2, 0.25) is 0 Å². The van der Waals surface area contributed by atoms with Crippen molar-refractivity contribution in [1.29, 1.82) is 0 Å². The summed E-state index contributed by atoms with van der Waals surface area (Å²) in [6.07, 6.45) is 1.69. The molecule has 1 amide bonds. The van der Waals surface area contributed by atoms with Gasteiger partial charge in [0.25, 0.3) is 5.91 Å². The molecule has 122 valence electrons. The standard InChI is InChI=1S/C17H21N3O3/c1-12-3-5-15(6-4-12)22-11-16(21)20-9-7-14(8-10-20)17-19-18-13(2)23-17/h3-6,14H,7-11H2,1-2H3. The van der Waals surface area contributed by atoms with E-state index in [2.05, 4.69) is 10.2 Å². The van der Waals surface area contributed by atoms with Crippen LogP contribution < -0.4 is 4.74 Å². The smallest absolute Gasteiger partial charge is 0.260 e. The number of ether oxygens (including phenoxy) is 1. The van der Waals surface area contributed by atoms with Crippen molar-refractivity contribution >= 4 is 5.91 Å². The van der Waals surface area contributed by atoms with Gasteiger partial charge in [-0.1, -0.05) is 17.7 Å². The number of benzene rings is 1. The molecule has 0 spiro atoms. The molecule has 1 fully saturated rings. The Labute approximate surface area is 135 Å². The van der Waals surface area contributed by atoms with Gasteiger partial charge in [-0.2, -0.15) is 0 Å². The summed E-state index contributed by atoms with van der Waals surface area (Å²) < 4.78 is 11.0. The highest BCUT2D eigenvalue weighted by molar-refractivity contribution is 5.77. The van der Waals surface area contributed by atoms with Crippen molar-refractivity contribution in [3.8, 4) is 5.75 Å². The first-order valence-corrected chi connectivity index (χ1v) is 7.89. The molecule has 6 heteroatoms. The van der Waals surface area contributed by atoms with Crippen LogP contribution in [0.15, 0.2) is 28.7 Å². The van der Waals surface area contributed by atoms with E-state index < -0.39 is 0 Å². The maximum Gasteiger partial charge on any atom is 0.260 e. The molecular formula is C17H21N3O3. The molecule has 0 radical (unpaired) electrons. The highest BCUT2D eigenvalue weighted by Crippen LogP contribution is 2.27. The second-order valence-electron chi connectivity index (χ2n) is 5.92. The molecule has 2 aromatic rings. The maximum atomic E-state index is 12.2. The molecule has 23 heavy (non-hydrogen) atoms. The van der Waals surface area contributed by atoms with E-state index in [9.17, 15) is 4.79 Å². The number of likely N-dealkylation sites (tertiary alicyclic amines) is 1. The number of carbonyl (C=O) groups is 1. The SMILES string of the molecule is Cc1ccc(OCC(=O)N2CCC(c3nnc(C)o3)CC2)cc1. The molecular weight excluding hydrogens is 294 g/mol. The van der Waals surface area contributed by atoms with Crippen molar-refractivity contribution < 1.29 is 13.9 Å². The number of hydrogen-bond acceptors (Lipinski definition) is 5. The topological polar surface area (TPSA) is 68.5 Å². The van der Waals surface area contributed by atoms with Gasteiger partial charge in [-0.3, -0.25) is 4.79 Å². The predicted octanol–water partition coefficient (Wildman–Crippen LogP) is 2.47. The molecule has 1 aromatic heterocycles. The first-order chi connectivity index (χ1) is 11.1. The van der Waals surface area contributed by atoms with Crippen LogP contribution in [0.3, 0.4) is 0 Å². The quantitative estimate of drug-likeness (QED) is 0.867. The zero-order valence-electron chi connectivity index (χ0n) is 13.5. The van der Waals surface area contributed by atoms with Crippen molar-refractivity contribution in [2.24, 2.45) is 0 Å². The van der Waals surface area contributed by atoms with E-state index in [0.717, 1.165) is 18.6 Å². The number of piperidine rings is 1. The van der Waals surface area contributed by atoms with Gasteiger partial charge in [0.05, 0.1) is 0 Å². The zero-order valence-corrected chi connectivity index (χ0v) is 13.5. The Morgan fingerprint density at radius 1 is 1.22 bits per heavy atom. The van der Waals surface area contributed by atoms with Crippen LogP contribution in [0.5, 0.6) is 5.75 Å². The maximum absolute atomic E-state index is 12.2. The van der Waals surface area contributed by atoms with Crippen molar-refractivity contribution in [3.05, 3.63) is 41.6 Å². The van der Waals surface area contributed by atoms with Crippen LogP contribution in [0.1, 0.15) is 36.1 Å². The van der Waals surface area contributed by atoms with Gasteiger partial charge in [0.2, 0.25) is 11.8 Å². The van der Waals surface area contributed by atoms with Gasteiger partial charge in [0.15, 0.2) is 6.61 Å². The lowest BCUT2D eigenvalue weighted by atomic mass is 9.97. The van der Waals surface area contributed by atoms with Gasteiger partial charge in [0.1, 0.15) is 5.75 Å². The molecule has 1 aromatic carbocycles. The Morgan fingerprint density at radius 3 is 2.52 bits per heavy atom. The van der Waals surface area contributed by atoms with Crippen LogP contribution >= 0.6 is 0 Å². The number of hydrogen-bond donors (Lipinski definition) is 0. The summed E-state index contributed by atoms with van der Waals surface area (Å²) in [7, 11) is 0. The van der Waals surface area contributed by atoms with Gasteiger partial charge in [0, 0.05) is 25.9 Å². The van der Waals surface area contributed by atoms with E-state index in [-0.39, 0.29) is 18.4 Å². The third-order valence-electron chi connectivity index (χ3n) is 4.12. The molecule has 1 aliphatic rings. The van der Waals surface area contributed by atoms with E-state index >= 15 is 0 Å². The fourth-order valence-corrected chi connectivity index (χ4v) is 2.72. The first kappa shape index (κ1) is 15.5. The largest absolute Gasteiger partial charge is 0.484 e. The highest BCUT2D eigenvalue weighted by Gasteiger charge is 2.27. The fraction of sp³-hybridized carbons (Fsp3) is 0.471. The molecule has 0 atom stereocenters. The number of carbonyl (C=O) groups excluding carboxylic acids is 1. The van der Waals surface area contributed by atoms with Gasteiger partial charge < -0.3 is 14.1 Å². The molecule has 1 aliphatic heterocycles. The minimum absolute atomic E-state index is 0.0192. The highest BCUT2D eigenvalue weighted by atomic mass is 16.5. The summed E-state index contributed by atoms with van der Waals surface area (Å²) >= 11 is 0. The van der Waals surface area contributed by atoms with Crippen LogP contribution in [-0.4, -0.2) is 40.7 Å². The van der Waals surface area contributed by atoms with Crippen molar-refractivity contribution in [2.45, 2.75) is 32.6 Å². The van der Waals surface area contributed by atoms with Crippen LogP contribution in [0.4, 0.5) is 0 Å². The Bertz CT molecular complexity index is 658. The molecule has 0 aliphatic carbocycles. The van der Waals surface area contributed by atoms with Gasteiger partial charge in [-0.25, -0.2) is 0 Å². The molecule has 3 rings (SSSR count).